The minimum absolute atomic E-state index is 0.0527. The Morgan fingerprint density at radius 3 is 2.46 bits per heavy atom. The van der Waals surface area contributed by atoms with Crippen molar-refractivity contribution in [2.75, 3.05) is 28.6 Å². The number of amides is 3. The van der Waals surface area contributed by atoms with Crippen molar-refractivity contribution < 1.29 is 9.59 Å². The smallest absolute Gasteiger partial charge is 0.319 e. The fourth-order valence-corrected chi connectivity index (χ4v) is 3.44. The van der Waals surface area contributed by atoms with Gasteiger partial charge in [-0.25, -0.2) is 4.79 Å². The highest BCUT2D eigenvalue weighted by Gasteiger charge is 2.25. The lowest BCUT2D eigenvalue weighted by molar-refractivity contribution is -0.118. The Hall–Kier alpha value is -3.02. The molecule has 0 saturated heterocycles. The van der Waals surface area contributed by atoms with Crippen molar-refractivity contribution in [1.82, 2.24) is 5.32 Å². The third kappa shape index (κ3) is 4.63. The molecule has 6 heteroatoms. The summed E-state index contributed by atoms with van der Waals surface area (Å²) in [5.41, 5.74) is 3.91. The highest BCUT2D eigenvalue weighted by atomic mass is 16.2. The van der Waals surface area contributed by atoms with Crippen molar-refractivity contribution in [3.63, 3.8) is 0 Å². The second-order valence-electron chi connectivity index (χ2n) is 7.35. The molecule has 1 heterocycles. The number of benzene rings is 2. The second-order valence-corrected chi connectivity index (χ2v) is 7.35. The molecule has 1 aliphatic rings. The maximum absolute atomic E-state index is 12.8. The van der Waals surface area contributed by atoms with Crippen LogP contribution in [0.4, 0.5) is 21.9 Å². The standard InChI is InChI=1S/C22H28N4O2/c1-4-26-13-12-16-10-11-18(14-19(16)26)23-21(27)20(15(2)3)25-22(28)24-17-8-6-5-7-9-17/h5-11,14-15,20H,4,12-13H2,1-3H3,(H,23,27)(H2,24,25,28). The molecular formula is C22H28N4O2. The van der Waals surface area contributed by atoms with E-state index in [-0.39, 0.29) is 11.8 Å². The van der Waals surface area contributed by atoms with E-state index in [2.05, 4.69) is 33.8 Å². The maximum Gasteiger partial charge on any atom is 0.319 e. The fraction of sp³-hybridized carbons (Fsp3) is 0.364. The average molecular weight is 380 g/mol. The largest absolute Gasteiger partial charge is 0.371 e. The summed E-state index contributed by atoms with van der Waals surface area (Å²) in [5.74, 6) is -0.276. The molecule has 1 aliphatic heterocycles. The summed E-state index contributed by atoms with van der Waals surface area (Å²) < 4.78 is 0. The van der Waals surface area contributed by atoms with Crippen molar-refractivity contribution in [2.24, 2.45) is 5.92 Å². The monoisotopic (exact) mass is 380 g/mol. The van der Waals surface area contributed by atoms with E-state index in [1.165, 1.54) is 11.3 Å². The van der Waals surface area contributed by atoms with E-state index in [0.717, 1.165) is 25.2 Å². The summed E-state index contributed by atoms with van der Waals surface area (Å²) in [6.07, 6.45) is 1.03. The molecule has 0 saturated carbocycles. The van der Waals surface area contributed by atoms with E-state index in [4.69, 9.17) is 0 Å². The van der Waals surface area contributed by atoms with Crippen molar-refractivity contribution in [3.05, 3.63) is 54.1 Å². The Bertz CT molecular complexity index is 836. The topological polar surface area (TPSA) is 73.5 Å². The Balaban J connectivity index is 1.66. The number of carbonyl (C=O) groups excluding carboxylic acids is 2. The number of likely N-dealkylation sites (N-methyl/N-ethyl adjacent to an activating group) is 1. The van der Waals surface area contributed by atoms with Gasteiger partial charge in [0.05, 0.1) is 0 Å². The van der Waals surface area contributed by atoms with E-state index in [1.807, 2.05) is 44.2 Å². The van der Waals surface area contributed by atoms with Crippen LogP contribution in [0.15, 0.2) is 48.5 Å². The summed E-state index contributed by atoms with van der Waals surface area (Å²) in [5, 5.41) is 8.50. The Morgan fingerprint density at radius 2 is 1.79 bits per heavy atom. The minimum Gasteiger partial charge on any atom is -0.371 e. The molecule has 0 aliphatic carbocycles. The molecule has 0 fully saturated rings. The summed E-state index contributed by atoms with van der Waals surface area (Å²) in [7, 11) is 0. The molecule has 0 aromatic heterocycles. The van der Waals surface area contributed by atoms with Gasteiger partial charge in [0.15, 0.2) is 0 Å². The van der Waals surface area contributed by atoms with Crippen LogP contribution in [0.3, 0.4) is 0 Å². The third-order valence-corrected chi connectivity index (χ3v) is 4.99. The first-order valence-electron chi connectivity index (χ1n) is 9.79. The molecule has 3 N–H and O–H groups in total. The molecule has 1 atom stereocenters. The molecule has 6 nitrogen and oxygen atoms in total. The number of nitrogens with one attached hydrogen (secondary N) is 3. The van der Waals surface area contributed by atoms with Crippen molar-refractivity contribution >= 4 is 29.0 Å². The van der Waals surface area contributed by atoms with E-state index < -0.39 is 12.1 Å². The highest BCUT2D eigenvalue weighted by molar-refractivity contribution is 5.99. The molecule has 148 valence electrons. The number of anilines is 3. The highest BCUT2D eigenvalue weighted by Crippen LogP contribution is 2.30. The van der Waals surface area contributed by atoms with Crippen LogP contribution in [0, 0.1) is 5.92 Å². The van der Waals surface area contributed by atoms with Crippen LogP contribution in [-0.4, -0.2) is 31.1 Å². The van der Waals surface area contributed by atoms with Crippen molar-refractivity contribution in [1.29, 1.82) is 0 Å². The number of hydrogen-bond acceptors (Lipinski definition) is 3. The van der Waals surface area contributed by atoms with Crippen LogP contribution >= 0.6 is 0 Å². The zero-order valence-electron chi connectivity index (χ0n) is 16.7. The number of hydrogen-bond donors (Lipinski definition) is 3. The zero-order valence-corrected chi connectivity index (χ0v) is 16.7. The van der Waals surface area contributed by atoms with Gasteiger partial charge in [0, 0.05) is 30.2 Å². The first-order valence-corrected chi connectivity index (χ1v) is 9.79. The summed E-state index contributed by atoms with van der Waals surface area (Å²) in [6.45, 7) is 7.91. The Morgan fingerprint density at radius 1 is 1.04 bits per heavy atom. The number of carbonyl (C=O) groups is 2. The molecule has 1 unspecified atom stereocenters. The van der Waals surface area contributed by atoms with Gasteiger partial charge in [-0.05, 0) is 49.1 Å². The van der Waals surface area contributed by atoms with E-state index in [0.29, 0.717) is 5.69 Å². The molecule has 0 spiro atoms. The number of urea groups is 1. The molecule has 3 amide bonds. The second kappa shape index (κ2) is 8.78. The first-order chi connectivity index (χ1) is 13.5. The van der Waals surface area contributed by atoms with Crippen LogP contribution in [-0.2, 0) is 11.2 Å². The number of nitrogens with zero attached hydrogens (tertiary/aromatic N) is 1. The van der Waals surface area contributed by atoms with Crippen LogP contribution in [0.1, 0.15) is 26.3 Å². The van der Waals surface area contributed by atoms with Crippen LogP contribution in [0.2, 0.25) is 0 Å². The lowest BCUT2D eigenvalue weighted by atomic mass is 10.0. The molecule has 3 rings (SSSR count). The van der Waals surface area contributed by atoms with Gasteiger partial charge < -0.3 is 20.9 Å². The normalized spacial score (nSPS) is 13.8. The molecule has 0 radical (unpaired) electrons. The van der Waals surface area contributed by atoms with Crippen molar-refractivity contribution in [2.45, 2.75) is 33.2 Å². The number of para-hydroxylation sites is 1. The number of fused-ring (bicyclic) bond motifs is 1. The third-order valence-electron chi connectivity index (χ3n) is 4.99. The average Bonchev–Trinajstić information content (AvgIpc) is 3.09. The summed E-state index contributed by atoms with van der Waals surface area (Å²) in [6, 6.07) is 14.1. The first kappa shape index (κ1) is 19.7. The van der Waals surface area contributed by atoms with Gasteiger partial charge in [-0.2, -0.15) is 0 Å². The maximum atomic E-state index is 12.8. The van der Waals surface area contributed by atoms with Gasteiger partial charge in [0.1, 0.15) is 6.04 Å². The van der Waals surface area contributed by atoms with Crippen LogP contribution < -0.4 is 20.9 Å². The summed E-state index contributed by atoms with van der Waals surface area (Å²) in [4.78, 5) is 27.4. The summed E-state index contributed by atoms with van der Waals surface area (Å²) >= 11 is 0. The zero-order chi connectivity index (χ0) is 20.1. The molecule has 0 bridgehead atoms. The van der Waals surface area contributed by atoms with E-state index >= 15 is 0 Å². The Kier molecular flexibility index (Phi) is 6.19. The van der Waals surface area contributed by atoms with E-state index in [1.54, 1.807) is 12.1 Å². The molecular weight excluding hydrogens is 352 g/mol. The van der Waals surface area contributed by atoms with Crippen LogP contribution in [0.5, 0.6) is 0 Å². The van der Waals surface area contributed by atoms with Gasteiger partial charge in [-0.3, -0.25) is 4.79 Å². The van der Waals surface area contributed by atoms with Gasteiger partial charge in [0.2, 0.25) is 5.91 Å². The quantitative estimate of drug-likeness (QED) is 0.713. The van der Waals surface area contributed by atoms with Gasteiger partial charge in [-0.15, -0.1) is 0 Å². The van der Waals surface area contributed by atoms with Gasteiger partial charge >= 0.3 is 6.03 Å². The Labute approximate surface area is 166 Å². The fourth-order valence-electron chi connectivity index (χ4n) is 3.44. The molecule has 28 heavy (non-hydrogen) atoms. The van der Waals surface area contributed by atoms with Crippen LogP contribution in [0.25, 0.3) is 0 Å². The molecule has 2 aromatic carbocycles. The predicted octanol–water partition coefficient (Wildman–Crippen LogP) is 3.85. The SMILES string of the molecule is CCN1CCc2ccc(NC(=O)C(NC(=O)Nc3ccccc3)C(C)C)cc21. The van der Waals surface area contributed by atoms with E-state index in [9.17, 15) is 9.59 Å². The lowest BCUT2D eigenvalue weighted by Gasteiger charge is -2.23. The van der Waals surface area contributed by atoms with Gasteiger partial charge in [0.25, 0.3) is 0 Å². The lowest BCUT2D eigenvalue weighted by Crippen LogP contribution is -2.48. The molecule has 2 aromatic rings. The minimum atomic E-state index is -0.640. The predicted molar refractivity (Wildman–Crippen MR) is 114 cm³/mol. The van der Waals surface area contributed by atoms with Gasteiger partial charge in [-0.1, -0.05) is 38.1 Å². The number of rotatable bonds is 6. The van der Waals surface area contributed by atoms with Crippen molar-refractivity contribution in [3.8, 4) is 0 Å².